The zero-order valence-corrected chi connectivity index (χ0v) is 13.4. The number of halogens is 3. The fraction of sp³-hybridized carbons (Fsp3) is 0.417. The van der Waals surface area contributed by atoms with Crippen LogP contribution in [-0.2, 0) is 4.74 Å². The molecule has 1 aromatic rings. The number of esters is 1. The Morgan fingerprint density at radius 3 is 2.59 bits per heavy atom. The molecule has 98 valence electrons. The predicted molar refractivity (Wildman–Crippen MR) is 83.5 cm³/mol. The van der Waals surface area contributed by atoms with Gasteiger partial charge in [0.2, 0.25) is 0 Å². The van der Waals surface area contributed by atoms with Crippen LogP contribution in [0.1, 0.15) is 36.5 Å². The minimum atomic E-state index is -0.218. The molecule has 0 heterocycles. The van der Waals surface area contributed by atoms with Crippen LogP contribution in [0.25, 0.3) is 0 Å². The Bertz CT molecular complexity index is 332. The Morgan fingerprint density at radius 2 is 2.00 bits per heavy atom. The van der Waals surface area contributed by atoms with E-state index in [1.807, 2.05) is 18.2 Å². The zero-order chi connectivity index (χ0) is 11.1. The molecule has 0 aromatic heterocycles. The molecular formula is C12H17Cl2IO2. The maximum absolute atomic E-state index is 11.5. The van der Waals surface area contributed by atoms with Gasteiger partial charge in [-0.3, -0.25) is 0 Å². The summed E-state index contributed by atoms with van der Waals surface area (Å²) in [5.41, 5.74) is 0.637. The SMILES string of the molecule is CCCCCOC(=O)c1cccc(I)c1.Cl.Cl. The smallest absolute Gasteiger partial charge is 0.338 e. The van der Waals surface area contributed by atoms with Gasteiger partial charge in [-0.15, -0.1) is 24.8 Å². The molecule has 0 fully saturated rings. The highest BCUT2D eigenvalue weighted by atomic mass is 127. The number of carbonyl (C=O) groups excluding carboxylic acids is 1. The van der Waals surface area contributed by atoms with Crippen LogP contribution in [0.2, 0.25) is 0 Å². The number of rotatable bonds is 5. The topological polar surface area (TPSA) is 26.3 Å². The standard InChI is InChI=1S/C12H15IO2.2ClH/c1-2-3-4-8-15-12(14)10-6-5-7-11(13)9-10;;/h5-7,9H,2-4,8H2,1H3;2*1H. The van der Waals surface area contributed by atoms with Crippen molar-refractivity contribution in [3.8, 4) is 0 Å². The van der Waals surface area contributed by atoms with Crippen LogP contribution in [0.4, 0.5) is 0 Å². The van der Waals surface area contributed by atoms with E-state index in [1.54, 1.807) is 6.07 Å². The molecule has 0 unspecified atom stereocenters. The molecule has 17 heavy (non-hydrogen) atoms. The van der Waals surface area contributed by atoms with E-state index in [4.69, 9.17) is 4.74 Å². The first-order valence-electron chi connectivity index (χ1n) is 5.16. The highest BCUT2D eigenvalue weighted by molar-refractivity contribution is 14.1. The molecule has 0 aliphatic rings. The van der Waals surface area contributed by atoms with E-state index >= 15 is 0 Å². The van der Waals surface area contributed by atoms with E-state index in [-0.39, 0.29) is 30.8 Å². The lowest BCUT2D eigenvalue weighted by atomic mass is 10.2. The number of hydrogen-bond donors (Lipinski definition) is 0. The van der Waals surface area contributed by atoms with Crippen LogP contribution in [0.5, 0.6) is 0 Å². The van der Waals surface area contributed by atoms with E-state index < -0.39 is 0 Å². The van der Waals surface area contributed by atoms with Gasteiger partial charge in [0.15, 0.2) is 0 Å². The summed E-state index contributed by atoms with van der Waals surface area (Å²) in [4.78, 5) is 11.5. The molecule has 0 N–H and O–H groups in total. The average Bonchev–Trinajstić information content (AvgIpc) is 2.24. The highest BCUT2D eigenvalue weighted by Crippen LogP contribution is 2.09. The van der Waals surface area contributed by atoms with Crippen LogP contribution in [0.15, 0.2) is 24.3 Å². The molecule has 1 aromatic carbocycles. The summed E-state index contributed by atoms with van der Waals surface area (Å²) in [5.74, 6) is -0.218. The van der Waals surface area contributed by atoms with Gasteiger partial charge in [-0.1, -0.05) is 25.8 Å². The minimum absolute atomic E-state index is 0. The molecule has 0 atom stereocenters. The number of hydrogen-bond acceptors (Lipinski definition) is 2. The molecule has 0 aliphatic carbocycles. The van der Waals surface area contributed by atoms with Crippen LogP contribution in [-0.4, -0.2) is 12.6 Å². The third kappa shape index (κ3) is 7.84. The molecule has 5 heteroatoms. The van der Waals surface area contributed by atoms with Crippen molar-refractivity contribution in [2.45, 2.75) is 26.2 Å². The van der Waals surface area contributed by atoms with Crippen LogP contribution < -0.4 is 0 Å². The summed E-state index contributed by atoms with van der Waals surface area (Å²) in [6, 6.07) is 7.44. The summed E-state index contributed by atoms with van der Waals surface area (Å²) in [6.45, 7) is 2.65. The van der Waals surface area contributed by atoms with Crippen molar-refractivity contribution >= 4 is 53.4 Å². The van der Waals surface area contributed by atoms with Crippen molar-refractivity contribution in [2.24, 2.45) is 0 Å². The summed E-state index contributed by atoms with van der Waals surface area (Å²) >= 11 is 2.18. The largest absolute Gasteiger partial charge is 0.462 e. The van der Waals surface area contributed by atoms with Gasteiger partial charge in [0.05, 0.1) is 12.2 Å². The van der Waals surface area contributed by atoms with Gasteiger partial charge in [-0.25, -0.2) is 4.79 Å². The van der Waals surface area contributed by atoms with Gasteiger partial charge in [0.25, 0.3) is 0 Å². The summed E-state index contributed by atoms with van der Waals surface area (Å²) in [5, 5.41) is 0. The molecule has 0 spiro atoms. The predicted octanol–water partition coefficient (Wildman–Crippen LogP) is 4.48. The second-order valence-corrected chi connectivity index (χ2v) is 4.60. The molecule has 0 saturated heterocycles. The Balaban J connectivity index is 0. The van der Waals surface area contributed by atoms with Gasteiger partial charge in [-0.05, 0) is 47.2 Å². The first-order chi connectivity index (χ1) is 7.24. The van der Waals surface area contributed by atoms with E-state index in [1.165, 1.54) is 0 Å². The van der Waals surface area contributed by atoms with Crippen molar-refractivity contribution in [3.63, 3.8) is 0 Å². The van der Waals surface area contributed by atoms with Crippen LogP contribution in [0, 0.1) is 3.57 Å². The molecule has 0 bridgehead atoms. The Kier molecular flexibility index (Phi) is 12.6. The third-order valence-electron chi connectivity index (χ3n) is 2.04. The van der Waals surface area contributed by atoms with Crippen molar-refractivity contribution in [3.05, 3.63) is 33.4 Å². The van der Waals surface area contributed by atoms with Gasteiger partial charge in [0.1, 0.15) is 0 Å². The first kappa shape index (κ1) is 19.3. The van der Waals surface area contributed by atoms with Crippen LogP contribution in [0.3, 0.4) is 0 Å². The van der Waals surface area contributed by atoms with Crippen LogP contribution >= 0.6 is 47.4 Å². The second kappa shape index (κ2) is 11.1. The number of benzene rings is 1. The van der Waals surface area contributed by atoms with Gasteiger partial charge in [0, 0.05) is 3.57 Å². The molecule has 1 rings (SSSR count). The molecule has 0 amide bonds. The van der Waals surface area contributed by atoms with E-state index in [0.29, 0.717) is 12.2 Å². The van der Waals surface area contributed by atoms with Crippen molar-refractivity contribution in [2.75, 3.05) is 6.61 Å². The quantitative estimate of drug-likeness (QED) is 0.421. The monoisotopic (exact) mass is 390 g/mol. The van der Waals surface area contributed by atoms with Crippen molar-refractivity contribution in [1.82, 2.24) is 0 Å². The highest BCUT2D eigenvalue weighted by Gasteiger charge is 2.06. The maximum atomic E-state index is 11.5. The average molecular weight is 391 g/mol. The Labute approximate surface area is 128 Å². The van der Waals surface area contributed by atoms with Gasteiger partial charge < -0.3 is 4.74 Å². The minimum Gasteiger partial charge on any atom is -0.462 e. The maximum Gasteiger partial charge on any atom is 0.338 e. The van der Waals surface area contributed by atoms with E-state index in [2.05, 4.69) is 29.5 Å². The fourth-order valence-corrected chi connectivity index (χ4v) is 1.76. The van der Waals surface area contributed by atoms with Gasteiger partial charge in [-0.2, -0.15) is 0 Å². The molecule has 0 aliphatic heterocycles. The molecule has 2 nitrogen and oxygen atoms in total. The second-order valence-electron chi connectivity index (χ2n) is 3.35. The number of unbranched alkanes of at least 4 members (excludes halogenated alkanes) is 2. The lowest BCUT2D eigenvalue weighted by molar-refractivity contribution is 0.0498. The number of carbonyl (C=O) groups is 1. The van der Waals surface area contributed by atoms with Crippen molar-refractivity contribution < 1.29 is 9.53 Å². The summed E-state index contributed by atoms with van der Waals surface area (Å²) in [7, 11) is 0. The van der Waals surface area contributed by atoms with Crippen molar-refractivity contribution in [1.29, 1.82) is 0 Å². The normalized spacial score (nSPS) is 8.82. The molecule has 0 radical (unpaired) electrons. The summed E-state index contributed by atoms with van der Waals surface area (Å²) < 4.78 is 6.19. The fourth-order valence-electron chi connectivity index (χ4n) is 1.22. The zero-order valence-electron chi connectivity index (χ0n) is 9.65. The summed E-state index contributed by atoms with van der Waals surface area (Å²) in [6.07, 6.45) is 3.20. The Hall–Kier alpha value is -0.000000000000000222. The Morgan fingerprint density at radius 1 is 1.29 bits per heavy atom. The third-order valence-corrected chi connectivity index (χ3v) is 2.71. The molecular weight excluding hydrogens is 374 g/mol. The molecule has 0 saturated carbocycles. The van der Waals surface area contributed by atoms with E-state index in [9.17, 15) is 4.79 Å². The van der Waals surface area contributed by atoms with Gasteiger partial charge >= 0.3 is 5.97 Å². The van der Waals surface area contributed by atoms with E-state index in [0.717, 1.165) is 22.8 Å². The number of ether oxygens (including phenoxy) is 1. The lowest BCUT2D eigenvalue weighted by Gasteiger charge is -2.04. The first-order valence-corrected chi connectivity index (χ1v) is 6.24. The lowest BCUT2D eigenvalue weighted by Crippen LogP contribution is -2.06.